The highest BCUT2D eigenvalue weighted by Crippen LogP contribution is 2.33. The van der Waals surface area contributed by atoms with Crippen molar-refractivity contribution in [1.29, 1.82) is 0 Å². The minimum absolute atomic E-state index is 0.0288. The van der Waals surface area contributed by atoms with Crippen molar-refractivity contribution in [3.63, 3.8) is 0 Å². The molecule has 0 unspecified atom stereocenters. The average Bonchev–Trinajstić information content (AvgIpc) is 2.59. The number of carbonyl (C=O) groups excluding carboxylic acids is 2. The van der Waals surface area contributed by atoms with Crippen LogP contribution in [0.5, 0.6) is 0 Å². The van der Waals surface area contributed by atoms with E-state index in [2.05, 4.69) is 10.3 Å². The van der Waals surface area contributed by atoms with Crippen molar-refractivity contribution in [2.24, 2.45) is 5.41 Å². The smallest absolute Gasteiger partial charge is 0.303 e. The topological polar surface area (TPSA) is 116 Å². The molecule has 0 bridgehead atoms. The number of hydrogen-bond acceptors (Lipinski definition) is 4. The third-order valence-electron chi connectivity index (χ3n) is 4.80. The molecule has 1 heterocycles. The first-order valence-corrected chi connectivity index (χ1v) is 9.06. The number of aryl methyl sites for hydroxylation is 1. The predicted octanol–water partition coefficient (Wildman–Crippen LogP) is 2.80. The third-order valence-corrected chi connectivity index (χ3v) is 4.80. The number of carboxylic acids is 1. The Morgan fingerprint density at radius 1 is 1.14 bits per heavy atom. The number of anilines is 1. The summed E-state index contributed by atoms with van der Waals surface area (Å²) in [6, 6.07) is 8.12. The minimum atomic E-state index is -0.873. The first-order valence-electron chi connectivity index (χ1n) is 9.06. The number of Topliss-reactive ketones (excluding diaryl/α,β-unsaturated/α-hetero) is 1. The molecule has 1 aromatic heterocycles. The van der Waals surface area contributed by atoms with Gasteiger partial charge in [0.15, 0.2) is 5.78 Å². The minimum Gasteiger partial charge on any atom is -0.481 e. The van der Waals surface area contributed by atoms with E-state index in [1.54, 1.807) is 24.3 Å². The molecule has 0 atom stereocenters. The van der Waals surface area contributed by atoms with Crippen LogP contribution in [0.15, 0.2) is 35.1 Å². The molecule has 3 N–H and O–H groups in total. The number of H-pyrrole nitrogens is 1. The van der Waals surface area contributed by atoms with Crippen LogP contribution >= 0.6 is 0 Å². The Morgan fingerprint density at radius 3 is 2.46 bits per heavy atom. The quantitative estimate of drug-likeness (QED) is 0.735. The van der Waals surface area contributed by atoms with Crippen LogP contribution < -0.4 is 10.9 Å². The van der Waals surface area contributed by atoms with E-state index in [9.17, 15) is 19.2 Å². The Morgan fingerprint density at radius 2 is 1.82 bits per heavy atom. The van der Waals surface area contributed by atoms with Gasteiger partial charge >= 0.3 is 5.97 Å². The van der Waals surface area contributed by atoms with Crippen LogP contribution in [0, 0.1) is 5.41 Å². The second kappa shape index (κ2) is 7.42. The molecule has 0 saturated heterocycles. The molecule has 0 aliphatic heterocycles. The van der Waals surface area contributed by atoms with Gasteiger partial charge in [0.1, 0.15) is 5.56 Å². The maximum Gasteiger partial charge on any atom is 0.303 e. The summed E-state index contributed by atoms with van der Waals surface area (Å²) in [7, 11) is 0. The molecule has 1 aliphatic rings. The normalized spacial score (nSPS) is 15.0. The molecule has 0 fully saturated rings. The van der Waals surface area contributed by atoms with Crippen molar-refractivity contribution in [3.8, 4) is 0 Å². The molecule has 0 radical (unpaired) electrons. The van der Waals surface area contributed by atoms with Gasteiger partial charge in [0.05, 0.1) is 0 Å². The highest BCUT2D eigenvalue weighted by atomic mass is 16.4. The van der Waals surface area contributed by atoms with Crippen molar-refractivity contribution in [2.45, 2.75) is 39.5 Å². The monoisotopic (exact) mass is 382 g/mol. The van der Waals surface area contributed by atoms with Crippen LogP contribution in [0.4, 0.5) is 5.69 Å². The molecule has 1 aromatic carbocycles. The van der Waals surface area contributed by atoms with E-state index in [-0.39, 0.29) is 23.2 Å². The SMILES string of the molecule is CC1(C)CC(=O)c2cc(C(=O)Nc3ccc(CCC(=O)O)cc3)c(=O)[nH]c2C1. The number of rotatable bonds is 5. The zero-order valence-electron chi connectivity index (χ0n) is 15.8. The number of hydrogen-bond donors (Lipinski definition) is 3. The van der Waals surface area contributed by atoms with Gasteiger partial charge < -0.3 is 15.4 Å². The number of aromatic amines is 1. The van der Waals surface area contributed by atoms with E-state index in [0.29, 0.717) is 36.2 Å². The molecule has 1 amide bonds. The first-order chi connectivity index (χ1) is 13.1. The summed E-state index contributed by atoms with van der Waals surface area (Å²) in [5.74, 6) is -1.55. The molecule has 1 aliphatic carbocycles. The summed E-state index contributed by atoms with van der Waals surface area (Å²) in [6.45, 7) is 3.93. The number of ketones is 1. The number of nitrogens with one attached hydrogen (secondary N) is 2. The van der Waals surface area contributed by atoms with Gasteiger partial charge in [-0.2, -0.15) is 0 Å². The van der Waals surface area contributed by atoms with Crippen molar-refractivity contribution >= 4 is 23.3 Å². The maximum atomic E-state index is 12.5. The molecule has 146 valence electrons. The Balaban J connectivity index is 1.78. The van der Waals surface area contributed by atoms with Crippen molar-refractivity contribution in [1.82, 2.24) is 4.98 Å². The van der Waals surface area contributed by atoms with Crippen LogP contribution in [0.2, 0.25) is 0 Å². The average molecular weight is 382 g/mol. The summed E-state index contributed by atoms with van der Waals surface area (Å²) in [5.41, 5.74) is 1.42. The largest absolute Gasteiger partial charge is 0.481 e. The number of carbonyl (C=O) groups is 3. The van der Waals surface area contributed by atoms with Gasteiger partial charge in [-0.05, 0) is 42.0 Å². The van der Waals surface area contributed by atoms with Gasteiger partial charge in [-0.15, -0.1) is 0 Å². The lowest BCUT2D eigenvalue weighted by Crippen LogP contribution is -2.32. The van der Waals surface area contributed by atoms with Gasteiger partial charge in [0.2, 0.25) is 0 Å². The van der Waals surface area contributed by atoms with E-state index in [1.165, 1.54) is 6.07 Å². The molecule has 0 spiro atoms. The zero-order valence-corrected chi connectivity index (χ0v) is 15.8. The summed E-state index contributed by atoms with van der Waals surface area (Å²) >= 11 is 0. The number of benzene rings is 1. The summed E-state index contributed by atoms with van der Waals surface area (Å²) < 4.78 is 0. The van der Waals surface area contributed by atoms with E-state index >= 15 is 0 Å². The fourth-order valence-electron chi connectivity index (χ4n) is 3.40. The fourth-order valence-corrected chi connectivity index (χ4v) is 3.40. The third kappa shape index (κ3) is 4.36. The fraction of sp³-hybridized carbons (Fsp3) is 0.333. The number of pyridine rings is 1. The van der Waals surface area contributed by atoms with Gasteiger partial charge in [0.25, 0.3) is 11.5 Å². The van der Waals surface area contributed by atoms with Gasteiger partial charge in [0, 0.05) is 29.8 Å². The molecule has 3 rings (SSSR count). The van der Waals surface area contributed by atoms with Crippen LogP contribution in [0.1, 0.15) is 58.7 Å². The lowest BCUT2D eigenvalue weighted by molar-refractivity contribution is -0.136. The summed E-state index contributed by atoms with van der Waals surface area (Å²) in [4.78, 5) is 50.6. The van der Waals surface area contributed by atoms with Gasteiger partial charge in [-0.25, -0.2) is 0 Å². The van der Waals surface area contributed by atoms with Gasteiger partial charge in [-0.1, -0.05) is 26.0 Å². The van der Waals surface area contributed by atoms with Crippen LogP contribution in [-0.4, -0.2) is 27.8 Å². The molecular weight excluding hydrogens is 360 g/mol. The Kier molecular flexibility index (Phi) is 5.18. The zero-order chi connectivity index (χ0) is 20.5. The first kappa shape index (κ1) is 19.5. The van der Waals surface area contributed by atoms with E-state index in [0.717, 1.165) is 5.56 Å². The van der Waals surface area contributed by atoms with Gasteiger partial charge in [-0.3, -0.25) is 19.2 Å². The summed E-state index contributed by atoms with van der Waals surface area (Å²) in [5, 5.41) is 11.4. The van der Waals surface area contributed by atoms with Crippen LogP contribution in [0.3, 0.4) is 0 Å². The van der Waals surface area contributed by atoms with E-state index in [4.69, 9.17) is 5.11 Å². The molecule has 0 saturated carbocycles. The second-order valence-corrected chi connectivity index (χ2v) is 7.89. The highest BCUT2D eigenvalue weighted by molar-refractivity contribution is 6.06. The molecule has 7 nitrogen and oxygen atoms in total. The van der Waals surface area contributed by atoms with E-state index < -0.39 is 17.4 Å². The second-order valence-electron chi connectivity index (χ2n) is 7.89. The molecule has 28 heavy (non-hydrogen) atoms. The Hall–Kier alpha value is -3.22. The number of carboxylic acid groups (broad SMARTS) is 1. The molecule has 2 aromatic rings. The Bertz CT molecular complexity index is 1000. The number of amides is 1. The molecular formula is C21H22N2O5. The van der Waals surface area contributed by atoms with Crippen molar-refractivity contribution in [3.05, 3.63) is 63.1 Å². The van der Waals surface area contributed by atoms with Crippen LogP contribution in [-0.2, 0) is 17.6 Å². The molecule has 7 heteroatoms. The predicted molar refractivity (Wildman–Crippen MR) is 104 cm³/mol. The highest BCUT2D eigenvalue weighted by Gasteiger charge is 2.32. The van der Waals surface area contributed by atoms with Crippen molar-refractivity contribution < 1.29 is 19.5 Å². The lowest BCUT2D eigenvalue weighted by Gasteiger charge is -2.29. The standard InChI is InChI=1S/C21H22N2O5/c1-21(2)10-16-14(17(24)11-21)9-15(20(28)23-16)19(27)22-13-6-3-12(4-7-13)5-8-18(25)26/h3-4,6-7,9H,5,8,10-11H2,1-2H3,(H,22,27)(H,23,28)(H,25,26). The lowest BCUT2D eigenvalue weighted by atomic mass is 9.75. The summed E-state index contributed by atoms with van der Waals surface area (Å²) in [6.07, 6.45) is 1.36. The Labute approximate surface area is 161 Å². The van der Waals surface area contributed by atoms with Crippen LogP contribution in [0.25, 0.3) is 0 Å². The van der Waals surface area contributed by atoms with Crippen molar-refractivity contribution in [2.75, 3.05) is 5.32 Å². The number of aromatic nitrogens is 1. The van der Waals surface area contributed by atoms with E-state index in [1.807, 2.05) is 13.8 Å². The number of aliphatic carboxylic acids is 1. The maximum absolute atomic E-state index is 12.5. The number of fused-ring (bicyclic) bond motifs is 1.